The average molecular weight is 249 g/mol. The molecule has 0 heterocycles. The standard InChI is InChI=1S/C15H23NS/c1-3-10-16-14-8-5-9-15(14)17-13-7-4-6-12(2)11-13/h4,6-7,11,14-16H,3,5,8-10H2,1-2H3. The number of hydrogen-bond donors (Lipinski definition) is 1. The largest absolute Gasteiger partial charge is 0.313 e. The van der Waals surface area contributed by atoms with E-state index >= 15 is 0 Å². The van der Waals surface area contributed by atoms with Gasteiger partial charge in [-0.05, 0) is 44.9 Å². The average Bonchev–Trinajstić information content (AvgIpc) is 2.74. The fraction of sp³-hybridized carbons (Fsp3) is 0.600. The molecule has 1 aliphatic carbocycles. The second-order valence-corrected chi connectivity index (χ2v) is 6.28. The Hall–Kier alpha value is -0.470. The van der Waals surface area contributed by atoms with Crippen molar-refractivity contribution in [3.05, 3.63) is 29.8 Å². The van der Waals surface area contributed by atoms with E-state index in [9.17, 15) is 0 Å². The molecule has 2 atom stereocenters. The van der Waals surface area contributed by atoms with Gasteiger partial charge in [-0.25, -0.2) is 0 Å². The summed E-state index contributed by atoms with van der Waals surface area (Å²) in [5.41, 5.74) is 1.37. The summed E-state index contributed by atoms with van der Waals surface area (Å²) in [4.78, 5) is 1.43. The van der Waals surface area contributed by atoms with Crippen LogP contribution in [-0.2, 0) is 0 Å². The summed E-state index contributed by atoms with van der Waals surface area (Å²) in [6, 6.07) is 9.61. The van der Waals surface area contributed by atoms with E-state index in [-0.39, 0.29) is 0 Å². The molecule has 0 saturated heterocycles. The highest BCUT2D eigenvalue weighted by Gasteiger charge is 2.27. The first-order valence-electron chi connectivity index (χ1n) is 6.76. The minimum Gasteiger partial charge on any atom is -0.313 e. The molecule has 0 spiro atoms. The lowest BCUT2D eigenvalue weighted by atomic mass is 10.2. The monoisotopic (exact) mass is 249 g/mol. The summed E-state index contributed by atoms with van der Waals surface area (Å²) in [5, 5.41) is 4.46. The van der Waals surface area contributed by atoms with Crippen molar-refractivity contribution >= 4 is 11.8 Å². The lowest BCUT2D eigenvalue weighted by Crippen LogP contribution is -2.34. The Bertz CT molecular complexity index is 351. The molecule has 0 amide bonds. The van der Waals surface area contributed by atoms with Crippen molar-refractivity contribution < 1.29 is 0 Å². The molecule has 0 bridgehead atoms. The summed E-state index contributed by atoms with van der Waals surface area (Å²) < 4.78 is 0. The highest BCUT2D eigenvalue weighted by atomic mass is 32.2. The van der Waals surface area contributed by atoms with E-state index in [1.807, 2.05) is 0 Å². The molecule has 1 aromatic carbocycles. The number of aryl methyl sites for hydroxylation is 1. The van der Waals surface area contributed by atoms with Gasteiger partial charge in [0.15, 0.2) is 0 Å². The number of benzene rings is 1. The quantitative estimate of drug-likeness (QED) is 0.846. The summed E-state index contributed by atoms with van der Waals surface area (Å²) in [7, 11) is 0. The van der Waals surface area contributed by atoms with Crippen molar-refractivity contribution in [2.45, 2.75) is 55.7 Å². The molecule has 1 aromatic rings. The third-order valence-electron chi connectivity index (χ3n) is 3.39. The van der Waals surface area contributed by atoms with Gasteiger partial charge in [0, 0.05) is 16.2 Å². The van der Waals surface area contributed by atoms with Gasteiger partial charge in [-0.2, -0.15) is 0 Å². The molecule has 0 aromatic heterocycles. The molecule has 94 valence electrons. The van der Waals surface area contributed by atoms with Crippen molar-refractivity contribution in [3.8, 4) is 0 Å². The van der Waals surface area contributed by atoms with Crippen LogP contribution in [0.15, 0.2) is 29.2 Å². The zero-order chi connectivity index (χ0) is 12.1. The van der Waals surface area contributed by atoms with Crippen molar-refractivity contribution in [3.63, 3.8) is 0 Å². The maximum Gasteiger partial charge on any atom is 0.0248 e. The van der Waals surface area contributed by atoms with Gasteiger partial charge < -0.3 is 5.32 Å². The molecule has 0 radical (unpaired) electrons. The number of thioether (sulfide) groups is 1. The predicted molar refractivity (Wildman–Crippen MR) is 76.8 cm³/mol. The normalized spacial score (nSPS) is 24.1. The Morgan fingerprint density at radius 2 is 2.24 bits per heavy atom. The summed E-state index contributed by atoms with van der Waals surface area (Å²) >= 11 is 2.06. The zero-order valence-corrected chi connectivity index (χ0v) is 11.7. The van der Waals surface area contributed by atoms with Gasteiger partial charge in [0.25, 0.3) is 0 Å². The van der Waals surface area contributed by atoms with Crippen molar-refractivity contribution in [1.29, 1.82) is 0 Å². The second kappa shape index (κ2) is 6.46. The Morgan fingerprint density at radius 3 is 3.00 bits per heavy atom. The maximum atomic E-state index is 3.70. The van der Waals surface area contributed by atoms with E-state index in [0.717, 1.165) is 17.8 Å². The fourth-order valence-electron chi connectivity index (χ4n) is 2.49. The summed E-state index contributed by atoms with van der Waals surface area (Å²) in [6.45, 7) is 5.58. The van der Waals surface area contributed by atoms with Gasteiger partial charge in [-0.3, -0.25) is 0 Å². The first kappa shape index (κ1) is 13.0. The molecule has 1 nitrogen and oxygen atoms in total. The van der Waals surface area contributed by atoms with Crippen LogP contribution in [0.25, 0.3) is 0 Å². The van der Waals surface area contributed by atoms with Crippen LogP contribution in [-0.4, -0.2) is 17.8 Å². The third kappa shape index (κ3) is 3.75. The van der Waals surface area contributed by atoms with Gasteiger partial charge >= 0.3 is 0 Å². The lowest BCUT2D eigenvalue weighted by molar-refractivity contribution is 0.531. The topological polar surface area (TPSA) is 12.0 Å². The molecule has 2 unspecified atom stereocenters. The minimum absolute atomic E-state index is 0.723. The van der Waals surface area contributed by atoms with Crippen molar-refractivity contribution in [1.82, 2.24) is 5.32 Å². The second-order valence-electron chi connectivity index (χ2n) is 4.96. The first-order chi connectivity index (χ1) is 8.29. The van der Waals surface area contributed by atoms with E-state index in [4.69, 9.17) is 0 Å². The molecule has 1 saturated carbocycles. The molecule has 1 N–H and O–H groups in total. The van der Waals surface area contributed by atoms with E-state index in [1.54, 1.807) is 0 Å². The van der Waals surface area contributed by atoms with E-state index in [2.05, 4.69) is 55.2 Å². The van der Waals surface area contributed by atoms with Crippen molar-refractivity contribution in [2.75, 3.05) is 6.54 Å². The summed E-state index contributed by atoms with van der Waals surface area (Å²) in [6.07, 6.45) is 5.33. The van der Waals surface area contributed by atoms with Crippen LogP contribution in [0.2, 0.25) is 0 Å². The Labute approximate surface area is 109 Å². The van der Waals surface area contributed by atoms with E-state index < -0.39 is 0 Å². The van der Waals surface area contributed by atoms with Crippen LogP contribution in [0.5, 0.6) is 0 Å². The number of rotatable bonds is 5. The molecule has 17 heavy (non-hydrogen) atoms. The lowest BCUT2D eigenvalue weighted by Gasteiger charge is -2.20. The van der Waals surface area contributed by atoms with Gasteiger partial charge in [0.05, 0.1) is 0 Å². The molecular formula is C15H23NS. The number of nitrogens with one attached hydrogen (secondary N) is 1. The van der Waals surface area contributed by atoms with E-state index in [0.29, 0.717) is 0 Å². The molecule has 2 rings (SSSR count). The van der Waals surface area contributed by atoms with Crippen molar-refractivity contribution in [2.24, 2.45) is 0 Å². The third-order valence-corrected chi connectivity index (χ3v) is 4.78. The highest BCUT2D eigenvalue weighted by molar-refractivity contribution is 8.00. The molecule has 1 aliphatic rings. The van der Waals surface area contributed by atoms with Gasteiger partial charge in [-0.1, -0.05) is 31.0 Å². The Kier molecular flexibility index (Phi) is 4.93. The highest BCUT2D eigenvalue weighted by Crippen LogP contribution is 2.35. The van der Waals surface area contributed by atoms with Crippen LogP contribution in [0.1, 0.15) is 38.2 Å². The van der Waals surface area contributed by atoms with Crippen LogP contribution >= 0.6 is 11.8 Å². The van der Waals surface area contributed by atoms with Gasteiger partial charge in [0.1, 0.15) is 0 Å². The van der Waals surface area contributed by atoms with Crippen LogP contribution < -0.4 is 5.32 Å². The molecular weight excluding hydrogens is 226 g/mol. The van der Waals surface area contributed by atoms with Gasteiger partial charge in [-0.15, -0.1) is 11.8 Å². The first-order valence-corrected chi connectivity index (χ1v) is 7.64. The summed E-state index contributed by atoms with van der Waals surface area (Å²) in [5.74, 6) is 0. The fourth-order valence-corrected chi connectivity index (χ4v) is 3.94. The number of hydrogen-bond acceptors (Lipinski definition) is 2. The van der Waals surface area contributed by atoms with E-state index in [1.165, 1.54) is 36.1 Å². The minimum atomic E-state index is 0.723. The molecule has 2 heteroatoms. The predicted octanol–water partition coefficient (Wildman–Crippen LogP) is 4.01. The Morgan fingerprint density at radius 1 is 1.35 bits per heavy atom. The molecule has 0 aliphatic heterocycles. The van der Waals surface area contributed by atoms with Gasteiger partial charge in [0.2, 0.25) is 0 Å². The Balaban J connectivity index is 1.93. The molecule has 1 fully saturated rings. The van der Waals surface area contributed by atoms with Crippen LogP contribution in [0, 0.1) is 6.92 Å². The maximum absolute atomic E-state index is 3.70. The SMILES string of the molecule is CCCNC1CCCC1Sc1cccc(C)c1. The van der Waals surface area contributed by atoms with Crippen LogP contribution in [0.3, 0.4) is 0 Å². The zero-order valence-electron chi connectivity index (χ0n) is 10.9. The van der Waals surface area contributed by atoms with Crippen LogP contribution in [0.4, 0.5) is 0 Å². The smallest absolute Gasteiger partial charge is 0.0248 e.